The van der Waals surface area contributed by atoms with Crippen molar-refractivity contribution in [3.05, 3.63) is 59.7 Å². The fraction of sp³-hybridized carbons (Fsp3) is 0.0625. The van der Waals surface area contributed by atoms with Gasteiger partial charge in [-0.25, -0.2) is 13.8 Å². The highest BCUT2D eigenvalue weighted by molar-refractivity contribution is 5.95. The molecule has 4 heteroatoms. The van der Waals surface area contributed by atoms with Gasteiger partial charge < -0.3 is 5.73 Å². The fourth-order valence-corrected chi connectivity index (χ4v) is 2.26. The van der Waals surface area contributed by atoms with Crippen molar-refractivity contribution in [1.29, 1.82) is 0 Å². The molecule has 0 atom stereocenters. The molecule has 0 aliphatic heterocycles. The van der Waals surface area contributed by atoms with Crippen molar-refractivity contribution in [3.8, 4) is 11.3 Å². The third-order valence-corrected chi connectivity index (χ3v) is 3.37. The molecule has 0 aliphatic carbocycles. The Morgan fingerprint density at radius 2 is 1.65 bits per heavy atom. The van der Waals surface area contributed by atoms with Crippen LogP contribution in [0.2, 0.25) is 0 Å². The summed E-state index contributed by atoms with van der Waals surface area (Å²) in [5.41, 5.74) is 9.16. The van der Waals surface area contributed by atoms with E-state index in [1.807, 2.05) is 37.3 Å². The molecule has 1 aromatic heterocycles. The summed E-state index contributed by atoms with van der Waals surface area (Å²) in [5.74, 6) is -1.84. The largest absolute Gasteiger partial charge is 0.398 e. The molecule has 2 aromatic carbocycles. The van der Waals surface area contributed by atoms with Gasteiger partial charge in [0.15, 0.2) is 11.6 Å². The van der Waals surface area contributed by atoms with Crippen molar-refractivity contribution in [2.24, 2.45) is 0 Å². The number of halogens is 2. The summed E-state index contributed by atoms with van der Waals surface area (Å²) in [7, 11) is 0. The van der Waals surface area contributed by atoms with Gasteiger partial charge in [-0.15, -0.1) is 0 Å². The van der Waals surface area contributed by atoms with Crippen molar-refractivity contribution in [2.45, 2.75) is 6.92 Å². The highest BCUT2D eigenvalue weighted by Crippen LogP contribution is 2.32. The Morgan fingerprint density at radius 1 is 1.00 bits per heavy atom. The Bertz CT molecular complexity index is 799. The van der Waals surface area contributed by atoms with Crippen LogP contribution in [0.3, 0.4) is 0 Å². The van der Waals surface area contributed by atoms with Gasteiger partial charge in [0.25, 0.3) is 0 Å². The van der Waals surface area contributed by atoms with Crippen LogP contribution in [0.5, 0.6) is 0 Å². The lowest BCUT2D eigenvalue weighted by atomic mass is 10.0. The maximum Gasteiger partial charge on any atom is 0.161 e. The van der Waals surface area contributed by atoms with Gasteiger partial charge >= 0.3 is 0 Å². The van der Waals surface area contributed by atoms with Gasteiger partial charge in [0.05, 0.1) is 11.2 Å². The zero-order valence-electron chi connectivity index (χ0n) is 10.8. The van der Waals surface area contributed by atoms with E-state index in [0.717, 1.165) is 23.3 Å². The van der Waals surface area contributed by atoms with E-state index in [4.69, 9.17) is 5.73 Å². The van der Waals surface area contributed by atoms with Crippen LogP contribution in [0.4, 0.5) is 14.5 Å². The molecule has 3 aromatic rings. The van der Waals surface area contributed by atoms with Crippen LogP contribution in [0, 0.1) is 18.6 Å². The number of nitrogens with zero attached hydrogens (tertiary/aromatic N) is 1. The minimum absolute atomic E-state index is 0.353. The van der Waals surface area contributed by atoms with E-state index in [9.17, 15) is 8.78 Å². The number of anilines is 1. The first-order valence-electron chi connectivity index (χ1n) is 6.18. The number of hydrogen-bond acceptors (Lipinski definition) is 2. The molecule has 100 valence electrons. The molecule has 0 fully saturated rings. The standard InChI is InChI=1S/C16H12F2N2/c1-9-15(19)11-7-12(17)13(18)8-14(11)20-16(9)10-5-3-2-4-6-10/h2-8H,1H3,(H2,19,20). The third-order valence-electron chi connectivity index (χ3n) is 3.37. The third kappa shape index (κ3) is 1.90. The van der Waals surface area contributed by atoms with Gasteiger partial charge in [0.1, 0.15) is 0 Å². The Morgan fingerprint density at radius 3 is 2.35 bits per heavy atom. The SMILES string of the molecule is Cc1c(-c2ccccc2)nc2cc(F)c(F)cc2c1N. The maximum atomic E-state index is 13.4. The number of aromatic nitrogens is 1. The van der Waals surface area contributed by atoms with E-state index in [1.54, 1.807) is 0 Å². The fourth-order valence-electron chi connectivity index (χ4n) is 2.26. The second-order valence-electron chi connectivity index (χ2n) is 4.65. The first kappa shape index (κ1) is 12.5. The van der Waals surface area contributed by atoms with Crippen molar-refractivity contribution in [2.75, 3.05) is 5.73 Å². The Kier molecular flexibility index (Phi) is 2.86. The monoisotopic (exact) mass is 270 g/mol. The highest BCUT2D eigenvalue weighted by atomic mass is 19.2. The molecule has 0 bridgehead atoms. The van der Waals surface area contributed by atoms with Crippen molar-refractivity contribution >= 4 is 16.6 Å². The van der Waals surface area contributed by atoms with Crippen molar-refractivity contribution in [1.82, 2.24) is 4.98 Å². The maximum absolute atomic E-state index is 13.4. The van der Waals surface area contributed by atoms with E-state index in [-0.39, 0.29) is 0 Å². The van der Waals surface area contributed by atoms with Crippen LogP contribution in [0.1, 0.15) is 5.56 Å². The summed E-state index contributed by atoms with van der Waals surface area (Å²) in [6, 6.07) is 11.7. The summed E-state index contributed by atoms with van der Waals surface area (Å²) < 4.78 is 26.7. The van der Waals surface area contributed by atoms with Crippen LogP contribution < -0.4 is 5.73 Å². The van der Waals surface area contributed by atoms with Crippen molar-refractivity contribution < 1.29 is 8.78 Å². The van der Waals surface area contributed by atoms with Crippen LogP contribution >= 0.6 is 0 Å². The molecule has 0 aliphatic rings. The Hall–Kier alpha value is -2.49. The summed E-state index contributed by atoms with van der Waals surface area (Å²) in [4.78, 5) is 4.42. The molecule has 20 heavy (non-hydrogen) atoms. The van der Waals surface area contributed by atoms with Gasteiger partial charge in [0, 0.05) is 22.7 Å². The second-order valence-corrected chi connectivity index (χ2v) is 4.65. The predicted octanol–water partition coefficient (Wildman–Crippen LogP) is 4.07. The Balaban J connectivity index is 2.36. The zero-order valence-corrected chi connectivity index (χ0v) is 10.8. The highest BCUT2D eigenvalue weighted by Gasteiger charge is 2.13. The summed E-state index contributed by atoms with van der Waals surface area (Å²) in [6.07, 6.45) is 0. The molecule has 2 nitrogen and oxygen atoms in total. The lowest BCUT2D eigenvalue weighted by Gasteiger charge is -2.11. The first-order chi connectivity index (χ1) is 9.58. The van der Waals surface area contributed by atoms with Crippen LogP contribution in [0.15, 0.2) is 42.5 Å². The normalized spacial score (nSPS) is 10.9. The summed E-state index contributed by atoms with van der Waals surface area (Å²) >= 11 is 0. The minimum atomic E-state index is -0.924. The van der Waals surface area contributed by atoms with Crippen LogP contribution in [0.25, 0.3) is 22.2 Å². The van der Waals surface area contributed by atoms with Gasteiger partial charge in [-0.3, -0.25) is 0 Å². The predicted molar refractivity (Wildman–Crippen MR) is 76.2 cm³/mol. The molecular formula is C16H12F2N2. The number of pyridine rings is 1. The van der Waals surface area contributed by atoms with Gasteiger partial charge in [-0.05, 0) is 18.6 Å². The summed E-state index contributed by atoms with van der Waals surface area (Å²) in [6.45, 7) is 1.82. The number of nitrogen functional groups attached to an aromatic ring is 1. The molecule has 0 saturated carbocycles. The summed E-state index contributed by atoms with van der Waals surface area (Å²) in [5, 5.41) is 0.432. The smallest absolute Gasteiger partial charge is 0.161 e. The van der Waals surface area contributed by atoms with Gasteiger partial charge in [0.2, 0.25) is 0 Å². The lowest BCUT2D eigenvalue weighted by molar-refractivity contribution is 0.510. The number of nitrogens with two attached hydrogens (primary N) is 1. The average Bonchev–Trinajstić information content (AvgIpc) is 2.46. The van der Waals surface area contributed by atoms with Gasteiger partial charge in [-0.2, -0.15) is 0 Å². The first-order valence-corrected chi connectivity index (χ1v) is 6.18. The number of fused-ring (bicyclic) bond motifs is 1. The van der Waals surface area contributed by atoms with E-state index in [2.05, 4.69) is 4.98 Å². The molecule has 0 unspecified atom stereocenters. The van der Waals surface area contributed by atoms with Crippen LogP contribution in [-0.4, -0.2) is 4.98 Å². The van der Waals surface area contributed by atoms with E-state index >= 15 is 0 Å². The molecule has 3 rings (SSSR count). The second kappa shape index (κ2) is 4.56. The molecule has 0 saturated heterocycles. The molecule has 2 N–H and O–H groups in total. The molecule has 0 amide bonds. The lowest BCUT2D eigenvalue weighted by Crippen LogP contribution is -1.99. The van der Waals surface area contributed by atoms with E-state index in [1.165, 1.54) is 0 Å². The molecule has 1 heterocycles. The van der Waals surface area contributed by atoms with E-state index < -0.39 is 11.6 Å². The number of benzene rings is 2. The number of hydrogen-bond donors (Lipinski definition) is 1. The minimum Gasteiger partial charge on any atom is -0.398 e. The van der Waals surface area contributed by atoms with Crippen LogP contribution in [-0.2, 0) is 0 Å². The van der Waals surface area contributed by atoms with Crippen molar-refractivity contribution in [3.63, 3.8) is 0 Å². The number of rotatable bonds is 1. The average molecular weight is 270 g/mol. The Labute approximate surface area is 114 Å². The quantitative estimate of drug-likeness (QED) is 0.724. The van der Waals surface area contributed by atoms with Gasteiger partial charge in [-0.1, -0.05) is 30.3 Å². The molecular weight excluding hydrogens is 258 g/mol. The molecule has 0 radical (unpaired) electrons. The molecule has 0 spiro atoms. The zero-order chi connectivity index (χ0) is 14.3. The van der Waals surface area contributed by atoms with E-state index in [0.29, 0.717) is 22.3 Å². The topological polar surface area (TPSA) is 38.9 Å².